The van der Waals surface area contributed by atoms with Gasteiger partial charge in [-0.05, 0) is 72.0 Å². The maximum Gasteiger partial charge on any atom is 0.267 e. The summed E-state index contributed by atoms with van der Waals surface area (Å²) in [7, 11) is 0. The largest absolute Gasteiger partial charge is 0.494 e. The summed E-state index contributed by atoms with van der Waals surface area (Å²) < 4.78 is 19.0. The number of anilines is 2. The van der Waals surface area contributed by atoms with Gasteiger partial charge in [-0.15, -0.1) is 22.7 Å². The number of pyridine rings is 1. The monoisotopic (exact) mass is 489 g/mol. The molecule has 2 aromatic carbocycles. The smallest absolute Gasteiger partial charge is 0.267 e. The van der Waals surface area contributed by atoms with Gasteiger partial charge in [0.25, 0.3) is 5.91 Å². The zero-order valence-electron chi connectivity index (χ0n) is 18.2. The molecule has 3 aromatic heterocycles. The molecular weight excluding hydrogens is 469 g/mol. The number of rotatable bonds is 6. The third kappa shape index (κ3) is 4.25. The van der Waals surface area contributed by atoms with Crippen molar-refractivity contribution in [1.82, 2.24) is 4.98 Å². The van der Waals surface area contributed by atoms with E-state index in [-0.39, 0.29) is 11.7 Å². The lowest BCUT2D eigenvalue weighted by Gasteiger charge is -2.08. The predicted molar refractivity (Wildman–Crippen MR) is 138 cm³/mol. The van der Waals surface area contributed by atoms with E-state index in [9.17, 15) is 9.18 Å². The van der Waals surface area contributed by atoms with Gasteiger partial charge < -0.3 is 15.8 Å². The van der Waals surface area contributed by atoms with Gasteiger partial charge in [0.1, 0.15) is 21.3 Å². The Labute approximate surface area is 203 Å². The molecule has 0 aliphatic rings. The molecule has 0 atom stereocenters. The highest BCUT2D eigenvalue weighted by atomic mass is 32.1. The van der Waals surface area contributed by atoms with Gasteiger partial charge in [0.05, 0.1) is 22.9 Å². The Bertz CT molecular complexity index is 1460. The van der Waals surface area contributed by atoms with Gasteiger partial charge in [-0.3, -0.25) is 4.79 Å². The number of nitrogens with one attached hydrogen (secondary N) is 1. The highest BCUT2D eigenvalue weighted by Gasteiger charge is 2.22. The van der Waals surface area contributed by atoms with Crippen molar-refractivity contribution in [2.24, 2.45) is 0 Å². The molecule has 0 saturated heterocycles. The number of hydrogen-bond donors (Lipinski definition) is 2. The Morgan fingerprint density at radius 3 is 2.56 bits per heavy atom. The number of halogens is 1. The average molecular weight is 490 g/mol. The number of nitrogens with zero attached hydrogens (tertiary/aromatic N) is 1. The second-order valence-electron chi connectivity index (χ2n) is 7.48. The zero-order valence-corrected chi connectivity index (χ0v) is 19.8. The van der Waals surface area contributed by atoms with Crippen molar-refractivity contribution in [3.8, 4) is 27.4 Å². The molecule has 5 nitrogen and oxygen atoms in total. The standard InChI is InChI=1S/C26H20FN3O2S2/c1-2-32-18-11-9-17(10-12-18)29-25(31)24-23(28)22-19(15-5-7-16(27)8-6-15)14-20(30-26(22)34-24)21-4-3-13-33-21/h3-14H,2,28H2,1H3,(H,29,31). The number of hydrogen-bond acceptors (Lipinski definition) is 6. The lowest BCUT2D eigenvalue weighted by Crippen LogP contribution is -2.11. The van der Waals surface area contributed by atoms with Crippen LogP contribution in [0.5, 0.6) is 5.75 Å². The van der Waals surface area contributed by atoms with Crippen molar-refractivity contribution in [3.05, 3.63) is 82.8 Å². The molecule has 1 amide bonds. The van der Waals surface area contributed by atoms with Crippen LogP contribution in [-0.4, -0.2) is 17.5 Å². The van der Waals surface area contributed by atoms with Gasteiger partial charge in [-0.1, -0.05) is 18.2 Å². The topological polar surface area (TPSA) is 77.2 Å². The Morgan fingerprint density at radius 2 is 1.88 bits per heavy atom. The van der Waals surface area contributed by atoms with Crippen molar-refractivity contribution in [2.75, 3.05) is 17.7 Å². The second kappa shape index (κ2) is 9.24. The van der Waals surface area contributed by atoms with Gasteiger partial charge in [0.2, 0.25) is 0 Å². The third-order valence-electron chi connectivity index (χ3n) is 5.26. The van der Waals surface area contributed by atoms with E-state index in [0.29, 0.717) is 33.1 Å². The van der Waals surface area contributed by atoms with E-state index in [4.69, 9.17) is 15.5 Å². The zero-order chi connectivity index (χ0) is 23.7. The van der Waals surface area contributed by atoms with Crippen LogP contribution in [0, 0.1) is 5.82 Å². The summed E-state index contributed by atoms with van der Waals surface area (Å²) in [6.07, 6.45) is 0. The van der Waals surface area contributed by atoms with E-state index in [1.54, 1.807) is 47.7 Å². The number of ether oxygens (including phenoxy) is 1. The van der Waals surface area contributed by atoms with E-state index in [1.165, 1.54) is 23.5 Å². The van der Waals surface area contributed by atoms with E-state index < -0.39 is 0 Å². The number of carbonyl (C=O) groups is 1. The van der Waals surface area contributed by atoms with Crippen LogP contribution in [0.15, 0.2) is 72.1 Å². The normalized spacial score (nSPS) is 11.0. The fourth-order valence-electron chi connectivity index (χ4n) is 3.69. The molecule has 0 bridgehead atoms. The van der Waals surface area contributed by atoms with Crippen LogP contribution in [0.4, 0.5) is 15.8 Å². The Kier molecular flexibility index (Phi) is 6.00. The molecule has 0 spiro atoms. The number of amides is 1. The molecule has 5 aromatic rings. The highest BCUT2D eigenvalue weighted by molar-refractivity contribution is 7.21. The predicted octanol–water partition coefficient (Wildman–Crippen LogP) is 7.06. The van der Waals surface area contributed by atoms with Crippen LogP contribution in [0.3, 0.4) is 0 Å². The maximum atomic E-state index is 13.6. The maximum absolute atomic E-state index is 13.6. The molecule has 5 rings (SSSR count). The van der Waals surface area contributed by atoms with Crippen molar-refractivity contribution < 1.29 is 13.9 Å². The minimum absolute atomic E-state index is 0.313. The van der Waals surface area contributed by atoms with E-state index in [2.05, 4.69) is 5.32 Å². The second-order valence-corrected chi connectivity index (χ2v) is 9.42. The van der Waals surface area contributed by atoms with E-state index in [1.807, 2.05) is 30.5 Å². The fraction of sp³-hybridized carbons (Fsp3) is 0.0769. The Balaban J connectivity index is 1.58. The minimum Gasteiger partial charge on any atom is -0.494 e. The molecule has 0 unspecified atom stereocenters. The molecule has 0 aliphatic heterocycles. The lowest BCUT2D eigenvalue weighted by atomic mass is 10.0. The minimum atomic E-state index is -0.318. The number of nitrogen functional groups attached to an aromatic ring is 1. The molecule has 0 radical (unpaired) electrons. The Hall–Kier alpha value is -3.75. The average Bonchev–Trinajstić information content (AvgIpc) is 3.49. The Morgan fingerprint density at radius 1 is 1.12 bits per heavy atom. The molecule has 0 saturated carbocycles. The summed E-state index contributed by atoms with van der Waals surface area (Å²) in [5.41, 5.74) is 9.89. The number of nitrogens with two attached hydrogens (primary N) is 1. The van der Waals surface area contributed by atoms with Crippen LogP contribution < -0.4 is 15.8 Å². The molecule has 8 heteroatoms. The van der Waals surface area contributed by atoms with Gasteiger partial charge in [-0.25, -0.2) is 9.37 Å². The number of fused-ring (bicyclic) bond motifs is 1. The van der Waals surface area contributed by atoms with Gasteiger partial charge >= 0.3 is 0 Å². The number of carbonyl (C=O) groups excluding carboxylic acids is 1. The summed E-state index contributed by atoms with van der Waals surface area (Å²) in [6, 6.07) is 19.3. The summed E-state index contributed by atoms with van der Waals surface area (Å²) in [5.74, 6) is 0.102. The van der Waals surface area contributed by atoms with Gasteiger partial charge in [0.15, 0.2) is 0 Å². The fourth-order valence-corrected chi connectivity index (χ4v) is 5.39. The molecule has 170 valence electrons. The van der Waals surface area contributed by atoms with Crippen LogP contribution in [0.25, 0.3) is 31.9 Å². The van der Waals surface area contributed by atoms with Gasteiger partial charge in [-0.2, -0.15) is 0 Å². The summed E-state index contributed by atoms with van der Waals surface area (Å²) in [5, 5.41) is 5.57. The van der Waals surface area contributed by atoms with Crippen molar-refractivity contribution >= 4 is 50.2 Å². The molecule has 0 fully saturated rings. The number of thiophene rings is 2. The molecule has 0 aliphatic carbocycles. The first kappa shape index (κ1) is 22.1. The van der Waals surface area contributed by atoms with Crippen LogP contribution in [-0.2, 0) is 0 Å². The quantitative estimate of drug-likeness (QED) is 0.268. The summed E-state index contributed by atoms with van der Waals surface area (Å²) in [6.45, 7) is 2.49. The number of benzene rings is 2. The lowest BCUT2D eigenvalue weighted by molar-refractivity contribution is 0.103. The van der Waals surface area contributed by atoms with Crippen molar-refractivity contribution in [3.63, 3.8) is 0 Å². The van der Waals surface area contributed by atoms with Crippen LogP contribution in [0.2, 0.25) is 0 Å². The first-order valence-electron chi connectivity index (χ1n) is 10.6. The molecular formula is C26H20FN3O2S2. The SMILES string of the molecule is CCOc1ccc(NC(=O)c2sc3nc(-c4cccs4)cc(-c4ccc(F)cc4)c3c2N)cc1. The first-order chi connectivity index (χ1) is 16.5. The van der Waals surface area contributed by atoms with Crippen LogP contribution in [0.1, 0.15) is 16.6 Å². The molecule has 3 heterocycles. The first-order valence-corrected chi connectivity index (χ1v) is 12.3. The highest BCUT2D eigenvalue weighted by Crippen LogP contribution is 2.42. The third-order valence-corrected chi connectivity index (χ3v) is 7.25. The van der Waals surface area contributed by atoms with Gasteiger partial charge in [0, 0.05) is 11.1 Å². The summed E-state index contributed by atoms with van der Waals surface area (Å²) >= 11 is 2.82. The summed E-state index contributed by atoms with van der Waals surface area (Å²) in [4.78, 5) is 20.0. The van der Waals surface area contributed by atoms with Crippen LogP contribution >= 0.6 is 22.7 Å². The van der Waals surface area contributed by atoms with E-state index >= 15 is 0 Å². The van der Waals surface area contributed by atoms with Crippen molar-refractivity contribution in [1.29, 1.82) is 0 Å². The van der Waals surface area contributed by atoms with E-state index in [0.717, 1.165) is 27.4 Å². The molecule has 34 heavy (non-hydrogen) atoms. The van der Waals surface area contributed by atoms with Crippen molar-refractivity contribution in [2.45, 2.75) is 6.92 Å². The number of aromatic nitrogens is 1. The molecule has 3 N–H and O–H groups in total.